The van der Waals surface area contributed by atoms with Crippen LogP contribution in [0.3, 0.4) is 0 Å². The molecule has 0 spiro atoms. The number of amides is 1. The number of anilines is 1. The van der Waals surface area contributed by atoms with Crippen molar-refractivity contribution in [3.8, 4) is 23.8 Å². The number of methoxy groups -OCH3 is 1. The second-order valence-corrected chi connectivity index (χ2v) is 5.24. The number of hydrogen-bond acceptors (Lipinski definition) is 4. The highest BCUT2D eigenvalue weighted by molar-refractivity contribution is 6.05. The van der Waals surface area contributed by atoms with E-state index in [9.17, 15) is 4.79 Å². The van der Waals surface area contributed by atoms with Gasteiger partial charge in [-0.15, -0.1) is 11.5 Å². The van der Waals surface area contributed by atoms with Gasteiger partial charge >= 0.3 is 0 Å². The van der Waals surface area contributed by atoms with Crippen LogP contribution in [-0.4, -0.2) is 27.8 Å². The number of nitrogens with zero attached hydrogens (tertiary/aromatic N) is 3. The van der Waals surface area contributed by atoms with E-state index in [0.717, 1.165) is 5.69 Å². The third-order valence-electron chi connectivity index (χ3n) is 3.55. The number of terminal acetylenes is 1. The highest BCUT2D eigenvalue weighted by Crippen LogP contribution is 2.22. The zero-order valence-electron chi connectivity index (χ0n) is 13.9. The van der Waals surface area contributed by atoms with E-state index >= 15 is 0 Å². The molecule has 1 aromatic heterocycles. The minimum Gasteiger partial charge on any atom is -0.496 e. The third-order valence-corrected chi connectivity index (χ3v) is 3.55. The van der Waals surface area contributed by atoms with Crippen molar-refractivity contribution in [2.45, 2.75) is 6.92 Å². The monoisotopic (exact) mass is 332 g/mol. The van der Waals surface area contributed by atoms with Crippen LogP contribution in [-0.2, 0) is 0 Å². The molecule has 1 amide bonds. The Kier molecular flexibility index (Phi) is 4.48. The zero-order chi connectivity index (χ0) is 17.8. The first-order valence-electron chi connectivity index (χ1n) is 7.57. The first-order valence-corrected chi connectivity index (χ1v) is 7.57. The smallest absolute Gasteiger partial charge is 0.261 e. The molecule has 0 aliphatic carbocycles. The number of nitrogens with one attached hydrogen (secondary N) is 1. The number of carbonyl (C=O) groups is 1. The Labute approximate surface area is 145 Å². The lowest BCUT2D eigenvalue weighted by Crippen LogP contribution is -2.17. The summed E-state index contributed by atoms with van der Waals surface area (Å²) in [4.78, 5) is 17.0. The van der Waals surface area contributed by atoms with Gasteiger partial charge in [0.25, 0.3) is 5.91 Å². The molecule has 0 aliphatic heterocycles. The molecule has 0 saturated carbocycles. The zero-order valence-corrected chi connectivity index (χ0v) is 13.9. The summed E-state index contributed by atoms with van der Waals surface area (Å²) in [6.45, 7) is 1.76. The van der Waals surface area contributed by atoms with Crippen LogP contribution in [0.5, 0.6) is 5.75 Å². The predicted octanol–water partition coefficient (Wildman–Crippen LogP) is 2.82. The number of aryl methyl sites for hydroxylation is 1. The third kappa shape index (κ3) is 3.35. The van der Waals surface area contributed by atoms with Crippen molar-refractivity contribution in [3.05, 3.63) is 65.5 Å². The minimum atomic E-state index is -0.356. The molecule has 0 bridgehead atoms. The normalized spacial score (nSPS) is 10.1. The predicted molar refractivity (Wildman–Crippen MR) is 95.0 cm³/mol. The maximum absolute atomic E-state index is 12.7. The van der Waals surface area contributed by atoms with E-state index in [4.69, 9.17) is 11.2 Å². The van der Waals surface area contributed by atoms with E-state index in [2.05, 4.69) is 21.3 Å². The van der Waals surface area contributed by atoms with Gasteiger partial charge in [0.15, 0.2) is 0 Å². The second-order valence-electron chi connectivity index (χ2n) is 5.24. The molecule has 124 valence electrons. The Hall–Kier alpha value is -3.59. The highest BCUT2D eigenvalue weighted by atomic mass is 16.5. The second kappa shape index (κ2) is 6.89. The molecule has 1 heterocycles. The average Bonchev–Trinajstić information content (AvgIpc) is 3.01. The lowest BCUT2D eigenvalue weighted by atomic mass is 10.1. The number of hydrogen-bond donors (Lipinski definition) is 1. The largest absolute Gasteiger partial charge is 0.496 e. The van der Waals surface area contributed by atoms with Gasteiger partial charge in [0.2, 0.25) is 5.95 Å². The van der Waals surface area contributed by atoms with Crippen LogP contribution in [0.4, 0.5) is 5.95 Å². The molecule has 0 atom stereocenters. The SMILES string of the molecule is C#Cc1ccc(C(=O)Nc2nc(C)nn2-c2ccccc2)c(OC)c1. The quantitative estimate of drug-likeness (QED) is 0.746. The van der Waals surface area contributed by atoms with Crippen molar-refractivity contribution < 1.29 is 9.53 Å². The molecule has 0 aliphatic rings. The summed E-state index contributed by atoms with van der Waals surface area (Å²) in [5, 5.41) is 7.11. The first kappa shape index (κ1) is 16.3. The van der Waals surface area contributed by atoms with Gasteiger partial charge in [-0.3, -0.25) is 10.1 Å². The first-order chi connectivity index (χ1) is 12.1. The molecule has 6 heteroatoms. The molecule has 0 radical (unpaired) electrons. The van der Waals surface area contributed by atoms with Gasteiger partial charge in [-0.2, -0.15) is 9.67 Å². The summed E-state index contributed by atoms with van der Waals surface area (Å²) in [5.74, 6) is 3.44. The summed E-state index contributed by atoms with van der Waals surface area (Å²) in [5.41, 5.74) is 1.80. The van der Waals surface area contributed by atoms with Crippen molar-refractivity contribution in [1.29, 1.82) is 0 Å². The summed E-state index contributed by atoms with van der Waals surface area (Å²) in [7, 11) is 1.49. The number of para-hydroxylation sites is 1. The van der Waals surface area contributed by atoms with Gasteiger partial charge in [-0.1, -0.05) is 24.1 Å². The lowest BCUT2D eigenvalue weighted by molar-refractivity contribution is 0.102. The van der Waals surface area contributed by atoms with Crippen LogP contribution >= 0.6 is 0 Å². The molecule has 3 rings (SSSR count). The van der Waals surface area contributed by atoms with E-state index in [1.165, 1.54) is 7.11 Å². The number of ether oxygens (including phenoxy) is 1. The van der Waals surface area contributed by atoms with E-state index < -0.39 is 0 Å². The van der Waals surface area contributed by atoms with Crippen LogP contribution in [0.25, 0.3) is 5.69 Å². The van der Waals surface area contributed by atoms with Gasteiger partial charge < -0.3 is 4.74 Å². The van der Waals surface area contributed by atoms with E-state index in [-0.39, 0.29) is 5.91 Å². The molecule has 0 fully saturated rings. The molecule has 0 unspecified atom stereocenters. The molecule has 3 aromatic rings. The maximum Gasteiger partial charge on any atom is 0.261 e. The minimum absolute atomic E-state index is 0.330. The fourth-order valence-electron chi connectivity index (χ4n) is 2.38. The summed E-state index contributed by atoms with van der Waals surface area (Å²) < 4.78 is 6.85. The fraction of sp³-hybridized carbons (Fsp3) is 0.105. The molecule has 2 aromatic carbocycles. The van der Waals surface area contributed by atoms with Crippen molar-refractivity contribution in [2.24, 2.45) is 0 Å². The fourth-order valence-corrected chi connectivity index (χ4v) is 2.38. The summed E-state index contributed by atoms with van der Waals surface area (Å²) in [6, 6.07) is 14.4. The molecule has 0 saturated heterocycles. The number of carbonyl (C=O) groups excluding carboxylic acids is 1. The van der Waals surface area contributed by atoms with Crippen molar-refractivity contribution in [1.82, 2.24) is 14.8 Å². The molecule has 1 N–H and O–H groups in total. The number of aromatic nitrogens is 3. The summed E-state index contributed by atoms with van der Waals surface area (Å²) in [6.07, 6.45) is 5.38. The van der Waals surface area contributed by atoms with Crippen LogP contribution in [0.15, 0.2) is 48.5 Å². The Balaban J connectivity index is 1.94. The molecular weight excluding hydrogens is 316 g/mol. The molecule has 6 nitrogen and oxygen atoms in total. The van der Waals surface area contributed by atoms with Crippen molar-refractivity contribution >= 4 is 11.9 Å². The Morgan fingerprint density at radius 1 is 1.24 bits per heavy atom. The van der Waals surface area contributed by atoms with E-state index in [0.29, 0.717) is 28.6 Å². The van der Waals surface area contributed by atoms with E-state index in [1.54, 1.807) is 29.8 Å². The Morgan fingerprint density at radius 2 is 2.00 bits per heavy atom. The Bertz CT molecular complexity index is 955. The highest BCUT2D eigenvalue weighted by Gasteiger charge is 2.17. The van der Waals surface area contributed by atoms with Gasteiger partial charge in [-0.25, -0.2) is 0 Å². The van der Waals surface area contributed by atoms with E-state index in [1.807, 2.05) is 30.3 Å². The maximum atomic E-state index is 12.7. The van der Waals surface area contributed by atoms with Crippen LogP contribution in [0.2, 0.25) is 0 Å². The van der Waals surface area contributed by atoms with Gasteiger partial charge in [0.1, 0.15) is 11.6 Å². The molecular formula is C19H16N4O2. The number of rotatable bonds is 4. The van der Waals surface area contributed by atoms with Gasteiger partial charge in [0.05, 0.1) is 18.4 Å². The topological polar surface area (TPSA) is 69.0 Å². The van der Waals surface area contributed by atoms with Crippen LogP contribution in [0, 0.1) is 19.3 Å². The standard InChI is InChI=1S/C19H16N4O2/c1-4-14-10-11-16(17(12-14)25-3)18(24)21-19-20-13(2)22-23(19)15-8-6-5-7-9-15/h1,5-12H,2-3H3,(H,20,21,22,24). The van der Waals surface area contributed by atoms with Crippen molar-refractivity contribution in [3.63, 3.8) is 0 Å². The van der Waals surface area contributed by atoms with Gasteiger partial charge in [-0.05, 0) is 37.3 Å². The van der Waals surface area contributed by atoms with Crippen LogP contribution < -0.4 is 10.1 Å². The van der Waals surface area contributed by atoms with Gasteiger partial charge in [0, 0.05) is 5.56 Å². The molecule has 25 heavy (non-hydrogen) atoms. The average molecular weight is 332 g/mol. The number of benzene rings is 2. The summed E-state index contributed by atoms with van der Waals surface area (Å²) >= 11 is 0. The Morgan fingerprint density at radius 3 is 2.68 bits per heavy atom. The van der Waals surface area contributed by atoms with Crippen LogP contribution in [0.1, 0.15) is 21.7 Å². The van der Waals surface area contributed by atoms with Crippen molar-refractivity contribution in [2.75, 3.05) is 12.4 Å². The lowest BCUT2D eigenvalue weighted by Gasteiger charge is -2.10.